The van der Waals surface area contributed by atoms with Crippen LogP contribution in [0.4, 0.5) is 5.82 Å². The zero-order chi connectivity index (χ0) is 16.4. The van der Waals surface area contributed by atoms with Crippen molar-refractivity contribution in [3.05, 3.63) is 25.0 Å². The lowest BCUT2D eigenvalue weighted by molar-refractivity contribution is 0.380. The van der Waals surface area contributed by atoms with Crippen LogP contribution >= 0.6 is 0 Å². The lowest BCUT2D eigenvalue weighted by Gasteiger charge is -2.35. The minimum Gasteiger partial charge on any atom is -0.354 e. The Balaban J connectivity index is 1.72. The second-order valence-corrected chi connectivity index (χ2v) is 8.04. The summed E-state index contributed by atoms with van der Waals surface area (Å²) in [5.41, 5.74) is 0. The van der Waals surface area contributed by atoms with Crippen LogP contribution in [0.3, 0.4) is 0 Å². The molecule has 2 aromatic rings. The largest absolute Gasteiger partial charge is 0.354 e. The molecule has 0 bridgehead atoms. The third-order valence-electron chi connectivity index (χ3n) is 3.81. The molecule has 10 heteroatoms. The van der Waals surface area contributed by atoms with E-state index in [1.54, 1.807) is 29.2 Å². The summed E-state index contributed by atoms with van der Waals surface area (Å²) in [6.45, 7) is 5.53. The van der Waals surface area contributed by atoms with Crippen LogP contribution in [-0.2, 0) is 10.0 Å². The van der Waals surface area contributed by atoms with Crippen LogP contribution in [-0.4, -0.2) is 68.9 Å². The van der Waals surface area contributed by atoms with Gasteiger partial charge in [-0.05, 0) is 13.8 Å². The number of hydrogen-bond donors (Lipinski definition) is 0. The lowest BCUT2D eigenvalue weighted by Crippen LogP contribution is -2.50. The van der Waals surface area contributed by atoms with Crippen LogP contribution < -0.4 is 4.90 Å². The molecule has 3 heterocycles. The molecule has 0 atom stereocenters. The predicted octanol–water partition coefficient (Wildman–Crippen LogP) is -0.0825. The molecule has 2 aromatic heterocycles. The van der Waals surface area contributed by atoms with Crippen LogP contribution in [0.2, 0.25) is 0 Å². The molecule has 0 aliphatic carbocycles. The summed E-state index contributed by atoms with van der Waals surface area (Å²) in [7, 11) is -3.20. The number of nitrogens with zero attached hydrogens (tertiary/aromatic N) is 7. The zero-order valence-electron chi connectivity index (χ0n) is 13.1. The third-order valence-corrected chi connectivity index (χ3v) is 6.09. The van der Waals surface area contributed by atoms with E-state index in [-0.39, 0.29) is 0 Å². The SMILES string of the molecule is CC(C)S(=O)(=O)N1CCN(c2cc(-n3cncn3)ncn2)CC1. The van der Waals surface area contributed by atoms with Crippen LogP contribution in [0.25, 0.3) is 5.82 Å². The maximum Gasteiger partial charge on any atom is 0.216 e. The van der Waals surface area contributed by atoms with Gasteiger partial charge in [0.1, 0.15) is 24.8 Å². The quantitative estimate of drug-likeness (QED) is 0.769. The number of hydrogen-bond acceptors (Lipinski definition) is 7. The van der Waals surface area contributed by atoms with E-state index in [1.807, 2.05) is 6.07 Å². The molecule has 1 aliphatic rings. The molecule has 1 fully saturated rings. The Bertz CT molecular complexity index is 752. The van der Waals surface area contributed by atoms with Gasteiger partial charge in [0.2, 0.25) is 10.0 Å². The predicted molar refractivity (Wildman–Crippen MR) is 84.8 cm³/mol. The Morgan fingerprint density at radius 2 is 1.74 bits per heavy atom. The van der Waals surface area contributed by atoms with Crippen molar-refractivity contribution in [1.29, 1.82) is 0 Å². The van der Waals surface area contributed by atoms with Crippen LogP contribution in [0.5, 0.6) is 0 Å². The van der Waals surface area contributed by atoms with E-state index < -0.39 is 15.3 Å². The fourth-order valence-corrected chi connectivity index (χ4v) is 3.70. The molecule has 0 saturated carbocycles. The summed E-state index contributed by atoms with van der Waals surface area (Å²) in [6, 6.07) is 1.82. The van der Waals surface area contributed by atoms with Gasteiger partial charge in [-0.15, -0.1) is 0 Å². The maximum atomic E-state index is 12.2. The van der Waals surface area contributed by atoms with Gasteiger partial charge in [-0.1, -0.05) is 0 Å². The molecule has 3 rings (SSSR count). The molecule has 0 aromatic carbocycles. The summed E-state index contributed by atoms with van der Waals surface area (Å²) >= 11 is 0. The number of sulfonamides is 1. The second-order valence-electron chi connectivity index (χ2n) is 5.55. The molecular formula is C13H19N7O2S. The van der Waals surface area contributed by atoms with E-state index in [0.29, 0.717) is 32.0 Å². The zero-order valence-corrected chi connectivity index (χ0v) is 13.9. The monoisotopic (exact) mass is 337 g/mol. The van der Waals surface area contributed by atoms with E-state index in [9.17, 15) is 8.42 Å². The Morgan fingerprint density at radius 3 is 2.35 bits per heavy atom. The van der Waals surface area contributed by atoms with Gasteiger partial charge in [-0.2, -0.15) is 9.40 Å². The molecule has 9 nitrogen and oxygen atoms in total. The van der Waals surface area contributed by atoms with Gasteiger partial charge in [0.05, 0.1) is 5.25 Å². The van der Waals surface area contributed by atoms with Crippen molar-refractivity contribution in [1.82, 2.24) is 29.0 Å². The van der Waals surface area contributed by atoms with Crippen molar-refractivity contribution >= 4 is 15.8 Å². The number of rotatable bonds is 4. The van der Waals surface area contributed by atoms with E-state index in [2.05, 4.69) is 25.0 Å². The van der Waals surface area contributed by atoms with E-state index >= 15 is 0 Å². The topological polar surface area (TPSA) is 97.1 Å². The van der Waals surface area contributed by atoms with Crippen LogP contribution in [0.1, 0.15) is 13.8 Å². The molecule has 23 heavy (non-hydrogen) atoms. The van der Waals surface area contributed by atoms with Crippen molar-refractivity contribution in [3.8, 4) is 5.82 Å². The molecule has 0 N–H and O–H groups in total. The minimum absolute atomic E-state index is 0.396. The Labute approximate surface area is 135 Å². The second kappa shape index (κ2) is 6.20. The lowest BCUT2D eigenvalue weighted by atomic mass is 10.3. The molecular weight excluding hydrogens is 318 g/mol. The Hall–Kier alpha value is -2.07. The van der Waals surface area contributed by atoms with Crippen molar-refractivity contribution in [2.75, 3.05) is 31.1 Å². The third kappa shape index (κ3) is 3.17. The maximum absolute atomic E-state index is 12.2. The Kier molecular flexibility index (Phi) is 4.26. The fraction of sp³-hybridized carbons (Fsp3) is 0.538. The summed E-state index contributed by atoms with van der Waals surface area (Å²) in [5.74, 6) is 1.39. The summed E-state index contributed by atoms with van der Waals surface area (Å²) < 4.78 is 27.5. The van der Waals surface area contributed by atoms with E-state index in [4.69, 9.17) is 0 Å². The highest BCUT2D eigenvalue weighted by atomic mass is 32.2. The van der Waals surface area contributed by atoms with Crippen molar-refractivity contribution in [2.45, 2.75) is 19.1 Å². The summed E-state index contributed by atoms with van der Waals surface area (Å²) in [6.07, 6.45) is 4.49. The molecule has 124 valence electrons. The van der Waals surface area contributed by atoms with Crippen molar-refractivity contribution in [2.24, 2.45) is 0 Å². The number of aromatic nitrogens is 5. The minimum atomic E-state index is -3.20. The molecule has 1 aliphatic heterocycles. The number of anilines is 1. The molecule has 1 saturated heterocycles. The molecule has 0 spiro atoms. The average molecular weight is 337 g/mol. The smallest absolute Gasteiger partial charge is 0.216 e. The van der Waals surface area contributed by atoms with Gasteiger partial charge in [-0.25, -0.2) is 28.1 Å². The van der Waals surface area contributed by atoms with E-state index in [0.717, 1.165) is 5.82 Å². The van der Waals surface area contributed by atoms with Gasteiger partial charge >= 0.3 is 0 Å². The Morgan fingerprint density at radius 1 is 1.04 bits per heavy atom. The van der Waals surface area contributed by atoms with Crippen LogP contribution in [0.15, 0.2) is 25.0 Å². The molecule has 0 amide bonds. The first kappa shape index (κ1) is 15.8. The first-order valence-electron chi connectivity index (χ1n) is 7.39. The van der Waals surface area contributed by atoms with Gasteiger partial charge < -0.3 is 4.90 Å². The van der Waals surface area contributed by atoms with Crippen LogP contribution in [0, 0.1) is 0 Å². The van der Waals surface area contributed by atoms with Gasteiger partial charge in [0.15, 0.2) is 5.82 Å². The van der Waals surface area contributed by atoms with Crippen molar-refractivity contribution < 1.29 is 8.42 Å². The highest BCUT2D eigenvalue weighted by Crippen LogP contribution is 2.18. The highest BCUT2D eigenvalue weighted by molar-refractivity contribution is 7.89. The summed E-state index contributed by atoms with van der Waals surface area (Å²) in [4.78, 5) is 14.4. The average Bonchev–Trinajstić information content (AvgIpc) is 3.09. The summed E-state index contributed by atoms with van der Waals surface area (Å²) in [5, 5.41) is 3.65. The van der Waals surface area contributed by atoms with Gasteiger partial charge in [-0.3, -0.25) is 0 Å². The molecule has 0 radical (unpaired) electrons. The molecule has 0 unspecified atom stereocenters. The van der Waals surface area contributed by atoms with Gasteiger partial charge in [0.25, 0.3) is 0 Å². The fourth-order valence-electron chi connectivity index (χ4n) is 2.43. The first-order chi connectivity index (χ1) is 11.0. The standard InChI is InChI=1S/C13H19N7O2S/c1-11(2)23(21,22)19-5-3-18(4-6-19)12-7-13(16-9-15-12)20-10-14-8-17-20/h7-11H,3-6H2,1-2H3. The highest BCUT2D eigenvalue weighted by Gasteiger charge is 2.29. The van der Waals surface area contributed by atoms with E-state index in [1.165, 1.54) is 12.7 Å². The first-order valence-corrected chi connectivity index (χ1v) is 8.90. The number of piperazine rings is 1. The normalized spacial score (nSPS) is 16.9. The van der Waals surface area contributed by atoms with Crippen molar-refractivity contribution in [3.63, 3.8) is 0 Å². The van der Waals surface area contributed by atoms with Gasteiger partial charge in [0, 0.05) is 32.2 Å².